The topological polar surface area (TPSA) is 82.6 Å². The van der Waals surface area contributed by atoms with Gasteiger partial charge in [-0.25, -0.2) is 0 Å². The highest BCUT2D eigenvalue weighted by atomic mass is 31.2. The number of fused-ring (bicyclic) bond motifs is 3. The van der Waals surface area contributed by atoms with E-state index < -0.39 is 7.60 Å². The predicted octanol–water partition coefficient (Wildman–Crippen LogP) is 2.99. The molecule has 0 saturated heterocycles. The molecule has 21 heavy (non-hydrogen) atoms. The maximum atomic E-state index is 10.8. The Hall–Kier alpha value is -1.29. The fourth-order valence-electron chi connectivity index (χ4n) is 2.94. The smallest absolute Gasteiger partial charge is 0.325 e. The van der Waals surface area contributed by atoms with Gasteiger partial charge < -0.3 is 19.5 Å². The number of ether oxygens (including phenoxy) is 1. The minimum atomic E-state index is -3.92. The lowest BCUT2D eigenvalue weighted by atomic mass is 9.96. The van der Waals surface area contributed by atoms with Crippen LogP contribution in [0.4, 0.5) is 0 Å². The van der Waals surface area contributed by atoms with Gasteiger partial charge in [-0.2, -0.15) is 0 Å². The molecule has 1 heterocycles. The second kappa shape index (κ2) is 5.84. The van der Waals surface area contributed by atoms with Crippen LogP contribution in [-0.4, -0.2) is 27.5 Å². The number of hydrogen-bond donors (Lipinski definition) is 3. The van der Waals surface area contributed by atoms with Gasteiger partial charge in [-0.3, -0.25) is 4.57 Å². The third-order valence-electron chi connectivity index (χ3n) is 3.93. The van der Waals surface area contributed by atoms with Crippen LogP contribution in [0.1, 0.15) is 30.5 Å². The van der Waals surface area contributed by atoms with Gasteiger partial charge in [-0.1, -0.05) is 0 Å². The normalized spacial score (nSPS) is 15.1. The van der Waals surface area contributed by atoms with Crippen LogP contribution in [0.25, 0.3) is 10.9 Å². The van der Waals surface area contributed by atoms with E-state index in [2.05, 4.69) is 4.98 Å². The van der Waals surface area contributed by atoms with Crippen LogP contribution in [0, 0.1) is 0 Å². The summed E-state index contributed by atoms with van der Waals surface area (Å²) >= 11 is 0. The van der Waals surface area contributed by atoms with Crippen LogP contribution in [0.2, 0.25) is 0 Å². The molecule has 1 aliphatic carbocycles. The van der Waals surface area contributed by atoms with E-state index in [9.17, 15) is 4.57 Å². The van der Waals surface area contributed by atoms with Gasteiger partial charge in [0.1, 0.15) is 5.75 Å². The van der Waals surface area contributed by atoms with Gasteiger partial charge in [0.05, 0.1) is 12.8 Å². The van der Waals surface area contributed by atoms with Crippen molar-refractivity contribution in [3.63, 3.8) is 0 Å². The maximum absolute atomic E-state index is 10.8. The number of nitrogens with one attached hydrogen (secondary N) is 1. The Labute approximate surface area is 123 Å². The van der Waals surface area contributed by atoms with Crippen molar-refractivity contribution < 1.29 is 19.1 Å². The summed E-state index contributed by atoms with van der Waals surface area (Å²) in [4.78, 5) is 21.1. The molecule has 2 aromatic rings. The van der Waals surface area contributed by atoms with Crippen molar-refractivity contribution in [2.75, 3.05) is 12.8 Å². The predicted molar refractivity (Wildman–Crippen MR) is 82.0 cm³/mol. The van der Waals surface area contributed by atoms with E-state index >= 15 is 0 Å². The van der Waals surface area contributed by atoms with Gasteiger partial charge in [0, 0.05) is 16.6 Å². The quantitative estimate of drug-likeness (QED) is 0.586. The number of H-pyrrole nitrogens is 1. The molecule has 1 aliphatic rings. The number of aromatic nitrogens is 1. The molecule has 0 spiro atoms. The van der Waals surface area contributed by atoms with E-state index in [1.165, 1.54) is 29.5 Å². The summed E-state index contributed by atoms with van der Waals surface area (Å²) in [5.74, 6) is 0.764. The molecule has 0 aliphatic heterocycles. The lowest BCUT2D eigenvalue weighted by molar-refractivity contribution is 0.309. The Bertz CT molecular complexity index is 688. The lowest BCUT2D eigenvalue weighted by Gasteiger charge is -2.11. The van der Waals surface area contributed by atoms with E-state index in [-0.39, 0.29) is 6.16 Å². The van der Waals surface area contributed by atoms with E-state index in [4.69, 9.17) is 14.5 Å². The molecular formula is C15H20NO4P. The van der Waals surface area contributed by atoms with Crippen LogP contribution >= 0.6 is 7.60 Å². The molecule has 0 radical (unpaired) electrons. The fraction of sp³-hybridized carbons (Fsp3) is 0.467. The highest BCUT2D eigenvalue weighted by Crippen LogP contribution is 2.35. The molecule has 3 N–H and O–H groups in total. The number of aromatic amines is 1. The summed E-state index contributed by atoms with van der Waals surface area (Å²) in [7, 11) is -3.92. The molecule has 0 fully saturated rings. The first-order valence-electron chi connectivity index (χ1n) is 7.34. The zero-order valence-electron chi connectivity index (χ0n) is 11.8. The first kappa shape index (κ1) is 14.6. The molecule has 1 aromatic carbocycles. The van der Waals surface area contributed by atoms with Crippen LogP contribution in [0.15, 0.2) is 18.2 Å². The summed E-state index contributed by atoms with van der Waals surface area (Å²) in [6.07, 6.45) is 4.92. The van der Waals surface area contributed by atoms with Crippen molar-refractivity contribution in [2.45, 2.75) is 32.1 Å². The molecule has 0 amide bonds. The Morgan fingerprint density at radius 1 is 1.24 bits per heavy atom. The number of aryl methyl sites for hydroxylation is 2. The number of hydrogen-bond acceptors (Lipinski definition) is 2. The maximum Gasteiger partial charge on any atom is 0.325 e. The summed E-state index contributed by atoms with van der Waals surface area (Å²) in [6.45, 7) is 0.323. The van der Waals surface area contributed by atoms with Crippen molar-refractivity contribution in [1.82, 2.24) is 4.98 Å². The molecular weight excluding hydrogens is 289 g/mol. The first-order valence-corrected chi connectivity index (χ1v) is 9.13. The van der Waals surface area contributed by atoms with Crippen LogP contribution in [0.5, 0.6) is 5.75 Å². The minimum absolute atomic E-state index is 0.130. The van der Waals surface area contributed by atoms with Crippen LogP contribution < -0.4 is 4.74 Å². The average Bonchev–Trinajstić information content (AvgIpc) is 2.81. The third-order valence-corrected chi connectivity index (χ3v) is 4.83. The zero-order valence-corrected chi connectivity index (χ0v) is 12.7. The van der Waals surface area contributed by atoms with Crippen LogP contribution in [-0.2, 0) is 17.4 Å². The van der Waals surface area contributed by atoms with E-state index in [1.807, 2.05) is 18.2 Å². The Morgan fingerprint density at radius 2 is 2.05 bits per heavy atom. The van der Waals surface area contributed by atoms with Gasteiger partial charge in [-0.05, 0) is 55.9 Å². The highest BCUT2D eigenvalue weighted by Gasteiger charge is 2.16. The summed E-state index contributed by atoms with van der Waals surface area (Å²) in [6, 6.07) is 5.96. The van der Waals surface area contributed by atoms with Crippen LogP contribution in [0.3, 0.4) is 0 Å². The van der Waals surface area contributed by atoms with Crippen molar-refractivity contribution in [2.24, 2.45) is 0 Å². The summed E-state index contributed by atoms with van der Waals surface area (Å²) in [5.41, 5.74) is 3.89. The van der Waals surface area contributed by atoms with Gasteiger partial charge in [0.15, 0.2) is 0 Å². The molecule has 1 aromatic heterocycles. The molecule has 0 bridgehead atoms. The Kier molecular flexibility index (Phi) is 4.07. The van der Waals surface area contributed by atoms with Gasteiger partial charge in [-0.15, -0.1) is 0 Å². The number of rotatable bonds is 5. The highest BCUT2D eigenvalue weighted by molar-refractivity contribution is 7.51. The van der Waals surface area contributed by atoms with Crippen molar-refractivity contribution in [1.29, 1.82) is 0 Å². The molecule has 0 atom stereocenters. The van der Waals surface area contributed by atoms with Crippen molar-refractivity contribution in [3.05, 3.63) is 29.5 Å². The average molecular weight is 309 g/mol. The SMILES string of the molecule is O=P(O)(O)CCCOc1ccc2[nH]c3c(c2c1)CCCC3. The molecule has 3 rings (SSSR count). The van der Waals surface area contributed by atoms with Gasteiger partial charge >= 0.3 is 7.60 Å². The third kappa shape index (κ3) is 3.49. The van der Waals surface area contributed by atoms with Crippen molar-refractivity contribution in [3.8, 4) is 5.75 Å². The van der Waals surface area contributed by atoms with Crippen molar-refractivity contribution >= 4 is 18.5 Å². The lowest BCUT2D eigenvalue weighted by Crippen LogP contribution is -2.01. The Morgan fingerprint density at radius 3 is 2.86 bits per heavy atom. The zero-order chi connectivity index (χ0) is 14.9. The largest absolute Gasteiger partial charge is 0.494 e. The van der Waals surface area contributed by atoms with Gasteiger partial charge in [0.2, 0.25) is 0 Å². The molecule has 0 saturated carbocycles. The fourth-order valence-corrected chi connectivity index (χ4v) is 3.48. The molecule has 5 nitrogen and oxygen atoms in total. The second-order valence-corrected chi connectivity index (χ2v) is 7.36. The van der Waals surface area contributed by atoms with Gasteiger partial charge in [0.25, 0.3) is 0 Å². The summed E-state index contributed by atoms with van der Waals surface area (Å²) < 4.78 is 16.4. The first-order chi connectivity index (χ1) is 10.0. The van der Waals surface area contributed by atoms with E-state index in [1.54, 1.807) is 0 Å². The molecule has 6 heteroatoms. The number of benzene rings is 1. The standard InChI is InChI=1S/C15H20NO4P/c17-21(18,19)9-3-8-20-11-6-7-15-13(10-11)12-4-1-2-5-14(12)16-15/h6-7,10,16H,1-5,8-9H2,(H2,17,18,19). The summed E-state index contributed by atoms with van der Waals surface area (Å²) in [5, 5.41) is 1.22. The monoisotopic (exact) mass is 309 g/mol. The molecule has 114 valence electrons. The minimum Gasteiger partial charge on any atom is -0.494 e. The molecule has 0 unspecified atom stereocenters. The van der Waals surface area contributed by atoms with E-state index in [0.717, 1.165) is 24.1 Å². The second-order valence-electron chi connectivity index (χ2n) is 5.59. The van der Waals surface area contributed by atoms with E-state index in [0.29, 0.717) is 13.0 Å². The Balaban J connectivity index is 1.70.